The van der Waals surface area contributed by atoms with Crippen LogP contribution in [0.5, 0.6) is 5.75 Å². The van der Waals surface area contributed by atoms with E-state index in [1.807, 2.05) is 18.2 Å². The molecule has 1 saturated heterocycles. The second kappa shape index (κ2) is 13.2. The smallest absolute Gasteiger partial charge is 0.303 e. The molecule has 0 spiro atoms. The highest BCUT2D eigenvalue weighted by molar-refractivity contribution is 5.76. The number of hydrogen-bond acceptors (Lipinski definition) is 5. The van der Waals surface area contributed by atoms with Crippen LogP contribution in [0.4, 0.5) is 0 Å². The summed E-state index contributed by atoms with van der Waals surface area (Å²) in [6.45, 7) is 8.08. The fourth-order valence-corrected chi connectivity index (χ4v) is 7.26. The highest BCUT2D eigenvalue weighted by Crippen LogP contribution is 2.54. The molecule has 1 heterocycles. The lowest BCUT2D eigenvalue weighted by Crippen LogP contribution is -2.68. The van der Waals surface area contributed by atoms with Crippen LogP contribution in [-0.2, 0) is 26.2 Å². The zero-order chi connectivity index (χ0) is 28.8. The number of carbonyl (C=O) groups is 2. The van der Waals surface area contributed by atoms with Crippen LogP contribution in [0, 0.1) is 5.92 Å². The average molecular weight is 549 g/mol. The van der Waals surface area contributed by atoms with Crippen molar-refractivity contribution in [3.63, 3.8) is 0 Å². The van der Waals surface area contributed by atoms with Gasteiger partial charge in [-0.3, -0.25) is 9.59 Å². The van der Waals surface area contributed by atoms with E-state index >= 15 is 0 Å². The highest BCUT2D eigenvalue weighted by Gasteiger charge is 2.61. The number of phenols is 1. The first-order valence-electron chi connectivity index (χ1n) is 15.2. The van der Waals surface area contributed by atoms with Crippen LogP contribution < -0.4 is 0 Å². The molecule has 2 fully saturated rings. The number of aryl methyl sites for hydroxylation is 1. The number of hydrogen-bond donors (Lipinski definition) is 1. The van der Waals surface area contributed by atoms with E-state index in [1.165, 1.54) is 12.5 Å². The van der Waals surface area contributed by atoms with Gasteiger partial charge in [0.05, 0.1) is 0 Å². The van der Waals surface area contributed by atoms with E-state index < -0.39 is 11.0 Å². The van der Waals surface area contributed by atoms with E-state index in [1.54, 1.807) is 6.07 Å². The predicted molar refractivity (Wildman–Crippen MR) is 159 cm³/mol. The zero-order valence-corrected chi connectivity index (χ0v) is 24.9. The molecule has 2 aromatic carbocycles. The number of likely N-dealkylation sites (N-methyl/N-ethyl adjacent to an activating group) is 1. The molecule has 0 bridgehead atoms. The molecule has 0 aromatic heterocycles. The number of esters is 1. The molecule has 3 unspecified atom stereocenters. The molecule has 2 aromatic rings. The van der Waals surface area contributed by atoms with Gasteiger partial charge in [-0.2, -0.15) is 0 Å². The molecule has 1 saturated carbocycles. The van der Waals surface area contributed by atoms with Crippen LogP contribution in [0.1, 0.15) is 83.3 Å². The van der Waals surface area contributed by atoms with Crippen LogP contribution in [-0.4, -0.2) is 65.1 Å². The molecule has 6 heteroatoms. The molecule has 1 amide bonds. The Kier molecular flexibility index (Phi) is 9.94. The largest absolute Gasteiger partial charge is 0.508 e. The second-order valence-corrected chi connectivity index (χ2v) is 12.6. The van der Waals surface area contributed by atoms with Gasteiger partial charge >= 0.3 is 5.97 Å². The van der Waals surface area contributed by atoms with Crippen LogP contribution in [0.3, 0.4) is 0 Å². The normalized spacial score (nSPS) is 24.9. The number of amides is 1. The molecular formula is C34H48N2O4. The minimum absolute atomic E-state index is 0.0636. The third-order valence-corrected chi connectivity index (χ3v) is 9.04. The lowest BCUT2D eigenvalue weighted by Gasteiger charge is -2.60. The monoisotopic (exact) mass is 548 g/mol. The number of carbonyl (C=O) groups excluding carboxylic acids is 2. The predicted octanol–water partition coefficient (Wildman–Crippen LogP) is 6.11. The number of ether oxygens (including phenoxy) is 1. The van der Waals surface area contributed by atoms with Crippen LogP contribution in [0.2, 0.25) is 0 Å². The maximum atomic E-state index is 13.8. The van der Waals surface area contributed by atoms with E-state index in [-0.39, 0.29) is 23.7 Å². The molecule has 2 aliphatic rings. The summed E-state index contributed by atoms with van der Waals surface area (Å²) in [5.74, 6) is 0.535. The summed E-state index contributed by atoms with van der Waals surface area (Å²) >= 11 is 0. The van der Waals surface area contributed by atoms with Crippen molar-refractivity contribution >= 4 is 11.9 Å². The SMILES string of the molecule is CC(=O)OC12CCC(N(CC(C)C)C(=O)CCCCCc3ccccc3)CC1(c1cccc(O)c1)CCN(C)C2. The first kappa shape index (κ1) is 30.1. The molecule has 3 atom stereocenters. The number of unbranched alkanes of at least 4 members (excludes halogenated alkanes) is 2. The zero-order valence-electron chi connectivity index (χ0n) is 24.9. The molecule has 218 valence electrons. The Morgan fingerprint density at radius 2 is 1.85 bits per heavy atom. The third kappa shape index (κ3) is 6.88. The van der Waals surface area contributed by atoms with Crippen molar-refractivity contribution in [2.24, 2.45) is 5.92 Å². The number of rotatable bonds is 11. The number of fused-ring (bicyclic) bond motifs is 1. The number of piperidine rings is 1. The Labute approximate surface area is 240 Å². The van der Waals surface area contributed by atoms with Gasteiger partial charge in [-0.25, -0.2) is 0 Å². The Balaban J connectivity index is 1.54. The van der Waals surface area contributed by atoms with E-state index in [2.05, 4.69) is 61.0 Å². The fraction of sp³-hybridized carbons (Fsp3) is 0.588. The van der Waals surface area contributed by atoms with Crippen molar-refractivity contribution in [3.05, 3.63) is 65.7 Å². The first-order chi connectivity index (χ1) is 19.1. The number of aromatic hydroxyl groups is 1. The average Bonchev–Trinajstić information content (AvgIpc) is 2.91. The maximum absolute atomic E-state index is 13.8. The van der Waals surface area contributed by atoms with Crippen molar-refractivity contribution in [1.29, 1.82) is 0 Å². The molecular weight excluding hydrogens is 500 g/mol. The highest BCUT2D eigenvalue weighted by atomic mass is 16.6. The summed E-state index contributed by atoms with van der Waals surface area (Å²) in [5.41, 5.74) is 1.19. The van der Waals surface area contributed by atoms with Gasteiger partial charge in [0.15, 0.2) is 0 Å². The first-order valence-corrected chi connectivity index (χ1v) is 15.2. The summed E-state index contributed by atoms with van der Waals surface area (Å²) in [6.07, 6.45) is 7.66. The molecule has 40 heavy (non-hydrogen) atoms. The van der Waals surface area contributed by atoms with E-state index in [0.29, 0.717) is 25.3 Å². The van der Waals surface area contributed by atoms with Gasteiger partial charge in [0.1, 0.15) is 11.4 Å². The Morgan fingerprint density at radius 1 is 1.07 bits per heavy atom. The maximum Gasteiger partial charge on any atom is 0.303 e. The molecule has 1 N–H and O–H groups in total. The Bertz CT molecular complexity index is 1140. The van der Waals surface area contributed by atoms with Gasteiger partial charge in [0.2, 0.25) is 5.91 Å². The van der Waals surface area contributed by atoms with E-state index in [4.69, 9.17) is 4.74 Å². The molecule has 6 nitrogen and oxygen atoms in total. The van der Waals surface area contributed by atoms with Crippen molar-refractivity contribution in [2.75, 3.05) is 26.7 Å². The van der Waals surface area contributed by atoms with Crippen LogP contribution in [0.25, 0.3) is 0 Å². The summed E-state index contributed by atoms with van der Waals surface area (Å²) in [6, 6.07) is 18.1. The minimum atomic E-state index is -0.694. The fourth-order valence-electron chi connectivity index (χ4n) is 7.26. The second-order valence-electron chi connectivity index (χ2n) is 12.6. The molecule has 0 radical (unpaired) electrons. The summed E-state index contributed by atoms with van der Waals surface area (Å²) < 4.78 is 6.28. The van der Waals surface area contributed by atoms with E-state index in [9.17, 15) is 14.7 Å². The number of phenolic OH excluding ortho intramolecular Hbond substituents is 1. The van der Waals surface area contributed by atoms with Crippen molar-refractivity contribution in [2.45, 2.75) is 95.6 Å². The number of nitrogens with zero attached hydrogens (tertiary/aromatic N) is 2. The number of likely N-dealkylation sites (tertiary alicyclic amines) is 1. The number of benzene rings is 2. The summed E-state index contributed by atoms with van der Waals surface area (Å²) in [5, 5.41) is 10.5. The Morgan fingerprint density at radius 3 is 2.55 bits per heavy atom. The van der Waals surface area contributed by atoms with E-state index in [0.717, 1.165) is 63.6 Å². The standard InChI is InChI=1S/C34H48N2O4/c1-26(2)24-36(32(39)17-10-6-9-14-28-12-7-5-8-13-28)30-18-19-34(40-27(3)37)25-35(4)21-20-33(34,23-30)29-15-11-16-31(38)22-29/h5,7-8,11-13,15-16,22,26,30,38H,6,9-10,14,17-21,23-25H2,1-4H3. The molecule has 4 rings (SSSR count). The van der Waals surface area contributed by atoms with Gasteiger partial charge < -0.3 is 19.6 Å². The van der Waals surface area contributed by atoms with Crippen LogP contribution in [0.15, 0.2) is 54.6 Å². The van der Waals surface area contributed by atoms with Crippen molar-refractivity contribution in [1.82, 2.24) is 9.80 Å². The van der Waals surface area contributed by atoms with Crippen molar-refractivity contribution in [3.8, 4) is 5.75 Å². The van der Waals surface area contributed by atoms with Gasteiger partial charge in [-0.1, -0.05) is 62.7 Å². The minimum Gasteiger partial charge on any atom is -0.508 e. The quantitative estimate of drug-likeness (QED) is 0.271. The van der Waals surface area contributed by atoms with Gasteiger partial charge in [0, 0.05) is 37.9 Å². The lowest BCUT2D eigenvalue weighted by atomic mass is 9.55. The molecule has 1 aliphatic heterocycles. The lowest BCUT2D eigenvalue weighted by molar-refractivity contribution is -0.189. The van der Waals surface area contributed by atoms with Crippen molar-refractivity contribution < 1.29 is 19.4 Å². The summed E-state index contributed by atoms with van der Waals surface area (Å²) in [7, 11) is 2.08. The topological polar surface area (TPSA) is 70.1 Å². The van der Waals surface area contributed by atoms with Crippen LogP contribution >= 0.6 is 0 Å². The van der Waals surface area contributed by atoms with Gasteiger partial charge in [0.25, 0.3) is 0 Å². The summed E-state index contributed by atoms with van der Waals surface area (Å²) in [4.78, 5) is 30.6. The third-order valence-electron chi connectivity index (χ3n) is 9.04. The van der Waals surface area contributed by atoms with Gasteiger partial charge in [-0.05, 0) is 87.7 Å². The van der Waals surface area contributed by atoms with Gasteiger partial charge in [-0.15, -0.1) is 0 Å². The molecule has 1 aliphatic carbocycles. The Hall–Kier alpha value is -2.86.